The molecule has 0 amide bonds. The van der Waals surface area contributed by atoms with Crippen molar-refractivity contribution in [2.45, 2.75) is 19.3 Å². The molecule has 3 heteroatoms. The predicted molar refractivity (Wildman–Crippen MR) is 293 cm³/mol. The van der Waals surface area contributed by atoms with Gasteiger partial charge in [-0.05, 0) is 133 Å². The predicted octanol–water partition coefficient (Wildman–Crippen LogP) is 18.9. The summed E-state index contributed by atoms with van der Waals surface area (Å²) in [6.07, 6.45) is 0. The maximum absolute atomic E-state index is 7.20. The highest BCUT2D eigenvalue weighted by molar-refractivity contribution is 6.07. The summed E-state index contributed by atoms with van der Waals surface area (Å²) in [5, 5.41) is 2.24. The molecule has 1 heterocycles. The lowest BCUT2D eigenvalue weighted by Crippen LogP contribution is -2.16. The zero-order valence-electron chi connectivity index (χ0n) is 39.1. The number of nitrogens with zero attached hydrogens (tertiary/aromatic N) is 2. The van der Waals surface area contributed by atoms with Gasteiger partial charge >= 0.3 is 0 Å². The average molecular weight is 897 g/mol. The minimum atomic E-state index is -0.151. The van der Waals surface area contributed by atoms with Crippen molar-refractivity contribution in [1.82, 2.24) is 0 Å². The number of benzene rings is 11. The number of fused-ring (bicyclic) bond motifs is 5. The van der Waals surface area contributed by atoms with E-state index in [9.17, 15) is 0 Å². The van der Waals surface area contributed by atoms with Crippen LogP contribution in [0.15, 0.2) is 255 Å². The molecule has 0 N–H and O–H groups in total. The van der Waals surface area contributed by atoms with Crippen LogP contribution in [0.4, 0.5) is 34.1 Å². The van der Waals surface area contributed by atoms with Gasteiger partial charge in [0.15, 0.2) is 0 Å². The highest BCUT2D eigenvalue weighted by Crippen LogP contribution is 2.54. The molecule has 3 nitrogen and oxygen atoms in total. The third-order valence-corrected chi connectivity index (χ3v) is 14.4. The van der Waals surface area contributed by atoms with Gasteiger partial charge < -0.3 is 14.5 Å². The van der Waals surface area contributed by atoms with E-state index in [1.807, 2.05) is 0 Å². The van der Waals surface area contributed by atoms with E-state index in [0.717, 1.165) is 67.5 Å². The normalized spacial score (nSPS) is 12.7. The van der Waals surface area contributed by atoms with Crippen molar-refractivity contribution >= 4 is 44.9 Å². The molecule has 2 aliphatic rings. The highest BCUT2D eigenvalue weighted by Gasteiger charge is 2.36. The van der Waals surface area contributed by atoms with Gasteiger partial charge in [-0.15, -0.1) is 0 Å². The molecule has 0 saturated heterocycles. The first kappa shape index (κ1) is 41.3. The molecule has 0 saturated carbocycles. The minimum Gasteiger partial charge on any atom is -0.456 e. The van der Waals surface area contributed by atoms with Gasteiger partial charge in [0, 0.05) is 56.9 Å². The number of anilines is 6. The summed E-state index contributed by atoms with van der Waals surface area (Å²) in [6.45, 7) is 4.70. The van der Waals surface area contributed by atoms with Crippen molar-refractivity contribution in [3.63, 3.8) is 0 Å². The second-order valence-electron chi connectivity index (χ2n) is 18.9. The lowest BCUT2D eigenvalue weighted by atomic mass is 9.82. The average Bonchev–Trinajstić information content (AvgIpc) is 3.65. The van der Waals surface area contributed by atoms with Gasteiger partial charge in [-0.2, -0.15) is 0 Å². The van der Waals surface area contributed by atoms with Crippen LogP contribution >= 0.6 is 0 Å². The third-order valence-electron chi connectivity index (χ3n) is 14.4. The van der Waals surface area contributed by atoms with Crippen LogP contribution in [0.25, 0.3) is 66.4 Å². The fourth-order valence-electron chi connectivity index (χ4n) is 10.9. The molecule has 0 aromatic heterocycles. The second kappa shape index (κ2) is 16.7. The number of hydrogen-bond donors (Lipinski definition) is 0. The summed E-state index contributed by atoms with van der Waals surface area (Å²) >= 11 is 0. The molecule has 13 rings (SSSR count). The Morgan fingerprint density at radius 1 is 0.286 bits per heavy atom. The number of rotatable bonds is 9. The van der Waals surface area contributed by atoms with Gasteiger partial charge in [0.2, 0.25) is 0 Å². The maximum Gasteiger partial charge on any atom is 0.138 e. The first-order valence-electron chi connectivity index (χ1n) is 24.1. The minimum absolute atomic E-state index is 0.151. The summed E-state index contributed by atoms with van der Waals surface area (Å²) < 4.78 is 7.20. The van der Waals surface area contributed by atoms with Crippen LogP contribution in [0, 0.1) is 0 Å². The van der Waals surface area contributed by atoms with Gasteiger partial charge in [0.05, 0.1) is 5.69 Å². The molecule has 332 valence electrons. The summed E-state index contributed by atoms with van der Waals surface area (Å²) in [6, 6.07) is 92.1. The third kappa shape index (κ3) is 7.05. The molecule has 11 aromatic carbocycles. The quantitative estimate of drug-likeness (QED) is 0.144. The Kier molecular flexibility index (Phi) is 9.85. The molecule has 0 unspecified atom stereocenters. The van der Waals surface area contributed by atoms with Crippen LogP contribution in [0.3, 0.4) is 0 Å². The Hall–Kier alpha value is -8.92. The number of ether oxygens (including phenoxy) is 1. The van der Waals surface area contributed by atoms with E-state index in [4.69, 9.17) is 4.74 Å². The van der Waals surface area contributed by atoms with Crippen LogP contribution < -0.4 is 14.5 Å². The Morgan fingerprint density at radius 3 is 1.26 bits per heavy atom. The van der Waals surface area contributed by atoms with Gasteiger partial charge in [-0.1, -0.05) is 190 Å². The molecule has 0 spiro atoms. The number of hydrogen-bond acceptors (Lipinski definition) is 3. The standard InChI is InChI=1S/C67H48N2O/c1-67(2)62-24-13-12-22-58(62)59-39-37-55(42-63(59)67)69(54-35-29-50(30-36-54)47-19-10-5-11-20-47)57-41-51-21-14-23-61-60-40-38-56(43-64(60)70-65(44-57)66(51)61)68(52-31-25-48(26-32-52)45-15-6-3-7-16-45)53-33-27-49(28-34-53)46-17-8-4-9-18-46/h3-44H,1-2H3. The van der Waals surface area contributed by atoms with Crippen LogP contribution in [-0.2, 0) is 5.41 Å². The molecule has 0 bridgehead atoms. The van der Waals surface area contributed by atoms with Crippen molar-refractivity contribution in [1.29, 1.82) is 0 Å². The SMILES string of the molecule is CC1(C)c2ccccc2-c2ccc(N(c3ccc(-c4ccccc4)cc3)c3cc4c5c(cccc5c3)-c3ccc(N(c5ccc(-c6ccccc6)cc5)c5ccc(-c6ccccc6)cc5)cc3O4)cc21. The molecule has 0 atom stereocenters. The van der Waals surface area contributed by atoms with Gasteiger partial charge in [0.25, 0.3) is 0 Å². The Labute approximate surface area is 409 Å². The van der Waals surface area contributed by atoms with Gasteiger partial charge in [-0.25, -0.2) is 0 Å². The molecule has 0 fully saturated rings. The lowest BCUT2D eigenvalue weighted by Gasteiger charge is -2.30. The fraction of sp³-hybridized carbons (Fsp3) is 0.0448. The molecular weight excluding hydrogens is 849 g/mol. The molecular formula is C67H48N2O. The molecule has 1 aliphatic carbocycles. The Morgan fingerprint density at radius 2 is 0.700 bits per heavy atom. The monoisotopic (exact) mass is 896 g/mol. The maximum atomic E-state index is 7.20. The summed E-state index contributed by atoms with van der Waals surface area (Å²) in [5.41, 5.74) is 20.8. The van der Waals surface area contributed by atoms with E-state index in [-0.39, 0.29) is 5.41 Å². The van der Waals surface area contributed by atoms with Crippen molar-refractivity contribution in [3.8, 4) is 67.1 Å². The van der Waals surface area contributed by atoms with E-state index in [1.54, 1.807) is 0 Å². The van der Waals surface area contributed by atoms with Crippen LogP contribution in [-0.4, -0.2) is 0 Å². The van der Waals surface area contributed by atoms with Crippen molar-refractivity contribution in [2.75, 3.05) is 9.80 Å². The van der Waals surface area contributed by atoms with E-state index >= 15 is 0 Å². The molecule has 11 aromatic rings. The van der Waals surface area contributed by atoms with Crippen LogP contribution in [0.5, 0.6) is 11.5 Å². The Balaban J connectivity index is 0.926. The van der Waals surface area contributed by atoms with Crippen molar-refractivity contribution in [2.24, 2.45) is 0 Å². The van der Waals surface area contributed by atoms with E-state index in [2.05, 4.69) is 278 Å². The molecule has 70 heavy (non-hydrogen) atoms. The topological polar surface area (TPSA) is 15.7 Å². The van der Waals surface area contributed by atoms with E-state index < -0.39 is 0 Å². The highest BCUT2D eigenvalue weighted by atomic mass is 16.5. The Bertz CT molecular complexity index is 3650. The molecule has 0 radical (unpaired) electrons. The van der Waals surface area contributed by atoms with E-state index in [1.165, 1.54) is 55.6 Å². The summed E-state index contributed by atoms with van der Waals surface area (Å²) in [5.74, 6) is 1.65. The molecule has 1 aliphatic heterocycles. The summed E-state index contributed by atoms with van der Waals surface area (Å²) in [4.78, 5) is 4.72. The lowest BCUT2D eigenvalue weighted by molar-refractivity contribution is 0.487. The van der Waals surface area contributed by atoms with Crippen LogP contribution in [0.2, 0.25) is 0 Å². The summed E-state index contributed by atoms with van der Waals surface area (Å²) in [7, 11) is 0. The zero-order valence-corrected chi connectivity index (χ0v) is 39.1. The smallest absolute Gasteiger partial charge is 0.138 e. The first-order chi connectivity index (χ1) is 34.4. The van der Waals surface area contributed by atoms with Crippen molar-refractivity contribution < 1.29 is 4.74 Å². The van der Waals surface area contributed by atoms with Crippen LogP contribution in [0.1, 0.15) is 25.0 Å². The van der Waals surface area contributed by atoms with E-state index in [0.29, 0.717) is 0 Å². The van der Waals surface area contributed by atoms with Crippen molar-refractivity contribution in [3.05, 3.63) is 266 Å². The van der Waals surface area contributed by atoms with Gasteiger partial charge in [0.1, 0.15) is 11.5 Å². The fourth-order valence-corrected chi connectivity index (χ4v) is 10.9. The zero-order chi connectivity index (χ0) is 46.8. The second-order valence-corrected chi connectivity index (χ2v) is 18.9. The first-order valence-corrected chi connectivity index (χ1v) is 24.1. The largest absolute Gasteiger partial charge is 0.456 e. The van der Waals surface area contributed by atoms with Gasteiger partial charge in [-0.3, -0.25) is 0 Å².